The van der Waals surface area contributed by atoms with Crippen LogP contribution in [-0.4, -0.2) is 29.9 Å². The zero-order valence-corrected chi connectivity index (χ0v) is 7.64. The summed E-state index contributed by atoms with van der Waals surface area (Å²) < 4.78 is 9.96. The Morgan fingerprint density at radius 1 is 1.36 bits per heavy atom. The van der Waals surface area contributed by atoms with Crippen molar-refractivity contribution in [1.82, 2.24) is 0 Å². The smallest absolute Gasteiger partial charge is 0.333 e. The van der Waals surface area contributed by atoms with Crippen LogP contribution in [0.3, 0.4) is 0 Å². The van der Waals surface area contributed by atoms with Crippen LogP contribution >= 0.6 is 0 Å². The molecule has 14 heavy (non-hydrogen) atoms. The van der Waals surface area contributed by atoms with Gasteiger partial charge in [-0.05, 0) is 12.8 Å². The van der Waals surface area contributed by atoms with E-state index in [0.717, 1.165) is 25.0 Å². The van der Waals surface area contributed by atoms with E-state index in [2.05, 4.69) is 0 Å². The molecule has 1 heterocycles. The van der Waals surface area contributed by atoms with E-state index in [-0.39, 0.29) is 0 Å². The number of carbonyl (C=O) groups is 2. The number of carbonyl (C=O) groups excluding carboxylic acids is 1. The van der Waals surface area contributed by atoms with Gasteiger partial charge in [0, 0.05) is 18.6 Å². The number of aliphatic carboxylic acids is 1. The van der Waals surface area contributed by atoms with Gasteiger partial charge in [0.2, 0.25) is 6.29 Å². The summed E-state index contributed by atoms with van der Waals surface area (Å²) in [5, 5.41) is 8.24. The Hall–Kier alpha value is -1.36. The van der Waals surface area contributed by atoms with E-state index in [1.807, 2.05) is 0 Å². The summed E-state index contributed by atoms with van der Waals surface area (Å²) in [5.74, 6) is -1.86. The molecule has 0 aromatic rings. The van der Waals surface area contributed by atoms with Crippen molar-refractivity contribution in [3.05, 3.63) is 12.2 Å². The summed E-state index contributed by atoms with van der Waals surface area (Å²) in [6.07, 6.45) is 3.70. The average molecular weight is 200 g/mol. The second-order valence-electron chi connectivity index (χ2n) is 2.90. The molecular weight excluding hydrogens is 188 g/mol. The predicted octanol–water partition coefficient (Wildman–Crippen LogP) is 0.697. The summed E-state index contributed by atoms with van der Waals surface area (Å²) in [6.45, 7) is 0.584. The zero-order chi connectivity index (χ0) is 10.4. The van der Waals surface area contributed by atoms with Crippen LogP contribution in [0.2, 0.25) is 0 Å². The van der Waals surface area contributed by atoms with Crippen molar-refractivity contribution in [2.45, 2.75) is 25.6 Å². The summed E-state index contributed by atoms with van der Waals surface area (Å²) >= 11 is 0. The van der Waals surface area contributed by atoms with Crippen molar-refractivity contribution in [3.8, 4) is 0 Å². The van der Waals surface area contributed by atoms with E-state index >= 15 is 0 Å². The first-order valence-electron chi connectivity index (χ1n) is 4.41. The summed E-state index contributed by atoms with van der Waals surface area (Å²) in [5.41, 5.74) is 0. The second-order valence-corrected chi connectivity index (χ2v) is 2.90. The molecule has 0 aromatic heterocycles. The molecule has 0 aliphatic carbocycles. The molecule has 1 fully saturated rings. The summed E-state index contributed by atoms with van der Waals surface area (Å²) in [7, 11) is 0. The molecule has 78 valence electrons. The van der Waals surface area contributed by atoms with Crippen LogP contribution in [0.25, 0.3) is 0 Å². The van der Waals surface area contributed by atoms with Crippen LogP contribution < -0.4 is 0 Å². The number of hydrogen-bond acceptors (Lipinski definition) is 4. The molecule has 0 aromatic carbocycles. The monoisotopic (exact) mass is 200 g/mol. The maximum absolute atomic E-state index is 11.0. The Labute approximate surface area is 81.3 Å². The van der Waals surface area contributed by atoms with Gasteiger partial charge in [0.05, 0.1) is 6.61 Å². The molecule has 1 N–H and O–H groups in total. The Morgan fingerprint density at radius 2 is 2.14 bits per heavy atom. The zero-order valence-electron chi connectivity index (χ0n) is 7.64. The molecule has 1 atom stereocenters. The van der Waals surface area contributed by atoms with E-state index < -0.39 is 18.2 Å². The number of carboxylic acids is 1. The average Bonchev–Trinajstić information content (AvgIpc) is 2.16. The molecule has 5 heteroatoms. The van der Waals surface area contributed by atoms with Crippen molar-refractivity contribution < 1.29 is 24.2 Å². The van der Waals surface area contributed by atoms with Gasteiger partial charge < -0.3 is 14.6 Å². The van der Waals surface area contributed by atoms with Crippen molar-refractivity contribution in [2.75, 3.05) is 6.61 Å². The van der Waals surface area contributed by atoms with Gasteiger partial charge in [0.25, 0.3) is 0 Å². The van der Waals surface area contributed by atoms with Crippen molar-refractivity contribution in [1.29, 1.82) is 0 Å². The van der Waals surface area contributed by atoms with Gasteiger partial charge >= 0.3 is 11.9 Å². The number of hydrogen-bond donors (Lipinski definition) is 1. The highest BCUT2D eigenvalue weighted by Gasteiger charge is 2.16. The Morgan fingerprint density at radius 3 is 2.71 bits per heavy atom. The minimum atomic E-state index is -1.17. The van der Waals surface area contributed by atoms with E-state index in [0.29, 0.717) is 13.0 Å². The third-order valence-electron chi connectivity index (χ3n) is 1.75. The molecular formula is C9H12O5. The lowest BCUT2D eigenvalue weighted by Crippen LogP contribution is -2.24. The highest BCUT2D eigenvalue weighted by Crippen LogP contribution is 2.13. The van der Waals surface area contributed by atoms with Crippen LogP contribution in [0.1, 0.15) is 19.3 Å². The lowest BCUT2D eigenvalue weighted by atomic mass is 10.2. The normalized spacial score (nSPS) is 22.1. The first-order chi connectivity index (χ1) is 6.68. The number of carboxylic acid groups (broad SMARTS) is 1. The number of esters is 1. The summed E-state index contributed by atoms with van der Waals surface area (Å²) in [6, 6.07) is 0. The first kappa shape index (κ1) is 10.7. The van der Waals surface area contributed by atoms with Crippen molar-refractivity contribution in [2.24, 2.45) is 0 Å². The maximum atomic E-state index is 11.0. The topological polar surface area (TPSA) is 72.8 Å². The molecule has 0 saturated carbocycles. The SMILES string of the molecule is O=C(O)C=CC(=O)OC1CCCCO1. The predicted molar refractivity (Wildman–Crippen MR) is 46.5 cm³/mol. The van der Waals surface area contributed by atoms with Gasteiger partial charge in [-0.2, -0.15) is 0 Å². The molecule has 1 aliphatic rings. The Bertz CT molecular complexity index is 240. The molecule has 1 rings (SSSR count). The highest BCUT2D eigenvalue weighted by molar-refractivity contribution is 5.90. The number of rotatable bonds is 3. The Kier molecular flexibility index (Phi) is 4.12. The second kappa shape index (κ2) is 5.39. The van der Waals surface area contributed by atoms with E-state index in [9.17, 15) is 9.59 Å². The number of ether oxygens (including phenoxy) is 2. The third kappa shape index (κ3) is 4.04. The lowest BCUT2D eigenvalue weighted by Gasteiger charge is -2.21. The standard InChI is InChI=1S/C9H12O5/c10-7(11)4-5-8(12)14-9-3-1-2-6-13-9/h4-5,9H,1-3,6H2,(H,10,11). The first-order valence-corrected chi connectivity index (χ1v) is 4.41. The van der Waals surface area contributed by atoms with E-state index in [1.54, 1.807) is 0 Å². The van der Waals surface area contributed by atoms with Gasteiger partial charge in [-0.3, -0.25) is 0 Å². The quantitative estimate of drug-likeness (QED) is 0.536. The molecule has 1 aliphatic heterocycles. The van der Waals surface area contributed by atoms with Gasteiger partial charge in [-0.25, -0.2) is 9.59 Å². The molecule has 1 saturated heterocycles. The molecule has 0 bridgehead atoms. The van der Waals surface area contributed by atoms with Crippen LogP contribution in [0, 0.1) is 0 Å². The minimum absolute atomic E-state index is 0.519. The van der Waals surface area contributed by atoms with Crippen LogP contribution in [0.5, 0.6) is 0 Å². The third-order valence-corrected chi connectivity index (χ3v) is 1.75. The fourth-order valence-corrected chi connectivity index (χ4v) is 1.11. The Balaban J connectivity index is 2.28. The molecule has 1 unspecified atom stereocenters. The largest absolute Gasteiger partial charge is 0.478 e. The fraction of sp³-hybridized carbons (Fsp3) is 0.556. The van der Waals surface area contributed by atoms with Crippen molar-refractivity contribution >= 4 is 11.9 Å². The summed E-state index contributed by atoms with van der Waals surface area (Å²) in [4.78, 5) is 21.0. The minimum Gasteiger partial charge on any atom is -0.478 e. The van der Waals surface area contributed by atoms with Crippen LogP contribution in [-0.2, 0) is 19.1 Å². The molecule has 5 nitrogen and oxygen atoms in total. The van der Waals surface area contributed by atoms with E-state index in [1.165, 1.54) is 0 Å². The maximum Gasteiger partial charge on any atom is 0.333 e. The molecule has 0 amide bonds. The van der Waals surface area contributed by atoms with Crippen molar-refractivity contribution in [3.63, 3.8) is 0 Å². The fourth-order valence-electron chi connectivity index (χ4n) is 1.11. The highest BCUT2D eigenvalue weighted by atomic mass is 16.7. The molecule has 0 radical (unpaired) electrons. The van der Waals surface area contributed by atoms with Crippen LogP contribution in [0.4, 0.5) is 0 Å². The van der Waals surface area contributed by atoms with Crippen LogP contribution in [0.15, 0.2) is 12.2 Å². The van der Waals surface area contributed by atoms with Gasteiger partial charge in [-0.1, -0.05) is 0 Å². The van der Waals surface area contributed by atoms with Gasteiger partial charge in [0.15, 0.2) is 0 Å². The van der Waals surface area contributed by atoms with E-state index in [4.69, 9.17) is 14.6 Å². The molecule has 0 spiro atoms. The van der Waals surface area contributed by atoms with Gasteiger partial charge in [-0.15, -0.1) is 0 Å². The van der Waals surface area contributed by atoms with Gasteiger partial charge in [0.1, 0.15) is 0 Å². The lowest BCUT2D eigenvalue weighted by molar-refractivity contribution is -0.181.